The Bertz CT molecular complexity index is 1790. The number of hydrogen-bond acceptors (Lipinski definition) is 8. The second kappa shape index (κ2) is 11.0. The summed E-state index contributed by atoms with van der Waals surface area (Å²) in [4.78, 5) is 58.6. The number of thiazole rings is 1. The van der Waals surface area contributed by atoms with Gasteiger partial charge in [0.2, 0.25) is 17.7 Å². The van der Waals surface area contributed by atoms with Gasteiger partial charge in [0.1, 0.15) is 17.5 Å². The quantitative estimate of drug-likeness (QED) is 0.307. The summed E-state index contributed by atoms with van der Waals surface area (Å²) in [5.41, 5.74) is -0.675. The first-order chi connectivity index (χ1) is 20.6. The van der Waals surface area contributed by atoms with E-state index in [0.717, 1.165) is 35.2 Å². The number of nitrogens with zero attached hydrogens (tertiary/aromatic N) is 3. The lowest BCUT2D eigenvalue weighted by Gasteiger charge is -2.30. The monoisotopic (exact) mass is 626 g/mol. The number of hydrogen-bond donors (Lipinski definition) is 1. The number of thioether (sulfide) groups is 1. The molecular weight excluding hydrogens is 605 g/mol. The van der Waals surface area contributed by atoms with E-state index in [2.05, 4.69) is 10.3 Å². The molecule has 0 saturated carbocycles. The second-order valence-electron chi connectivity index (χ2n) is 9.76. The number of nitrogens with one attached hydrogen (secondary N) is 1. The number of methoxy groups -OCH3 is 1. The fourth-order valence-corrected chi connectivity index (χ4v) is 8.11. The predicted molar refractivity (Wildman–Crippen MR) is 153 cm³/mol. The van der Waals surface area contributed by atoms with Crippen LogP contribution in [-0.4, -0.2) is 39.6 Å². The normalized spacial score (nSPS) is 19.6. The van der Waals surface area contributed by atoms with Crippen molar-refractivity contribution in [3.8, 4) is 5.75 Å². The van der Waals surface area contributed by atoms with Gasteiger partial charge in [-0.15, -0.1) is 0 Å². The smallest absolute Gasteiger partial charge is 0.418 e. The third-order valence-electron chi connectivity index (χ3n) is 7.22. The lowest BCUT2D eigenvalue weighted by molar-refractivity contribution is -0.137. The van der Waals surface area contributed by atoms with Crippen molar-refractivity contribution in [2.75, 3.05) is 17.3 Å². The van der Waals surface area contributed by atoms with Crippen LogP contribution in [0.3, 0.4) is 0 Å². The third-order valence-corrected chi connectivity index (χ3v) is 9.82. The Morgan fingerprint density at radius 3 is 2.44 bits per heavy atom. The maximum atomic E-state index is 13.9. The molecule has 14 heteroatoms. The molecule has 6 rings (SSSR count). The SMILES string of the molecule is COc1ccc(NC(=O)Cn2c3c(sc2=O)C(c2cccnc2)C2C(=O)N(c4ccccc4C(F)(F)F)C(=O)C2S3)cc1. The highest BCUT2D eigenvalue weighted by Gasteiger charge is 2.57. The Morgan fingerprint density at radius 2 is 1.77 bits per heavy atom. The van der Waals surface area contributed by atoms with Gasteiger partial charge in [-0.3, -0.25) is 28.7 Å². The van der Waals surface area contributed by atoms with Crippen LogP contribution in [0.2, 0.25) is 0 Å². The van der Waals surface area contributed by atoms with Crippen LogP contribution in [0, 0.1) is 5.92 Å². The molecule has 2 aliphatic heterocycles. The molecule has 1 N–H and O–H groups in total. The fourth-order valence-electron chi connectivity index (χ4n) is 5.34. The molecule has 1 fully saturated rings. The van der Waals surface area contributed by atoms with E-state index < -0.39 is 57.1 Å². The van der Waals surface area contributed by atoms with E-state index >= 15 is 0 Å². The zero-order valence-corrected chi connectivity index (χ0v) is 23.8. The van der Waals surface area contributed by atoms with Gasteiger partial charge in [0.25, 0.3) is 0 Å². The van der Waals surface area contributed by atoms with Crippen LogP contribution in [0.4, 0.5) is 24.5 Å². The van der Waals surface area contributed by atoms with Gasteiger partial charge < -0.3 is 10.1 Å². The molecule has 0 spiro atoms. The van der Waals surface area contributed by atoms with Crippen LogP contribution < -0.4 is 19.8 Å². The predicted octanol–water partition coefficient (Wildman–Crippen LogP) is 4.77. The molecule has 9 nitrogen and oxygen atoms in total. The Labute approximate surface area is 250 Å². The number of halogens is 3. The highest BCUT2D eigenvalue weighted by Crippen LogP contribution is 2.54. The van der Waals surface area contributed by atoms with Crippen molar-refractivity contribution >= 4 is 52.2 Å². The molecule has 3 atom stereocenters. The number of benzene rings is 2. The number of para-hydroxylation sites is 1. The second-order valence-corrected chi connectivity index (χ2v) is 11.9. The number of pyridine rings is 1. The van der Waals surface area contributed by atoms with Crippen molar-refractivity contribution in [2.24, 2.45) is 5.92 Å². The lowest BCUT2D eigenvalue weighted by Crippen LogP contribution is -2.33. The molecular formula is C29H21F3N4O5S2. The lowest BCUT2D eigenvalue weighted by atomic mass is 9.84. The maximum absolute atomic E-state index is 13.9. The van der Waals surface area contributed by atoms with Crippen LogP contribution in [0.15, 0.2) is 82.9 Å². The van der Waals surface area contributed by atoms with Crippen LogP contribution in [0.25, 0.3) is 0 Å². The first kappa shape index (κ1) is 28.7. The average molecular weight is 627 g/mol. The van der Waals surface area contributed by atoms with E-state index in [-0.39, 0.29) is 6.54 Å². The van der Waals surface area contributed by atoms with Gasteiger partial charge >= 0.3 is 11.0 Å². The molecule has 0 bridgehead atoms. The van der Waals surface area contributed by atoms with Crippen LogP contribution in [-0.2, 0) is 27.1 Å². The molecule has 2 aromatic heterocycles. The summed E-state index contributed by atoms with van der Waals surface area (Å²) >= 11 is 1.74. The Balaban J connectivity index is 1.40. The highest BCUT2D eigenvalue weighted by molar-refractivity contribution is 8.00. The van der Waals surface area contributed by atoms with Crippen molar-refractivity contribution in [3.63, 3.8) is 0 Å². The summed E-state index contributed by atoms with van der Waals surface area (Å²) in [6.07, 6.45) is -1.79. The Hall–Kier alpha value is -4.43. The van der Waals surface area contributed by atoms with Gasteiger partial charge in [-0.25, -0.2) is 4.90 Å². The number of ether oxygens (including phenoxy) is 1. The fraction of sp³-hybridized carbons (Fsp3) is 0.207. The highest BCUT2D eigenvalue weighted by atomic mass is 32.2. The van der Waals surface area contributed by atoms with Gasteiger partial charge in [-0.05, 0) is 48.0 Å². The molecule has 3 unspecified atom stereocenters. The van der Waals surface area contributed by atoms with Gasteiger partial charge in [0, 0.05) is 28.9 Å². The van der Waals surface area contributed by atoms with E-state index in [0.29, 0.717) is 31.8 Å². The molecule has 0 radical (unpaired) electrons. The van der Waals surface area contributed by atoms with Crippen LogP contribution in [0.5, 0.6) is 5.75 Å². The minimum atomic E-state index is -4.81. The zero-order valence-electron chi connectivity index (χ0n) is 22.2. The molecule has 0 aliphatic carbocycles. The van der Waals surface area contributed by atoms with Gasteiger partial charge in [-0.1, -0.05) is 41.3 Å². The van der Waals surface area contributed by atoms with Crippen molar-refractivity contribution in [2.45, 2.75) is 28.9 Å². The minimum absolute atomic E-state index is 0.307. The number of fused-ring (bicyclic) bond motifs is 2. The maximum Gasteiger partial charge on any atom is 0.418 e. The molecule has 43 heavy (non-hydrogen) atoms. The molecule has 4 heterocycles. The number of carbonyl (C=O) groups is 3. The average Bonchev–Trinajstić information content (AvgIpc) is 3.43. The number of anilines is 2. The number of rotatable bonds is 6. The number of carbonyl (C=O) groups excluding carboxylic acids is 3. The minimum Gasteiger partial charge on any atom is -0.497 e. The summed E-state index contributed by atoms with van der Waals surface area (Å²) < 4.78 is 48.1. The van der Waals surface area contributed by atoms with E-state index in [1.165, 1.54) is 36.2 Å². The largest absolute Gasteiger partial charge is 0.497 e. The van der Waals surface area contributed by atoms with Gasteiger partial charge in [0.05, 0.1) is 29.3 Å². The van der Waals surface area contributed by atoms with Crippen LogP contribution in [0.1, 0.15) is 21.9 Å². The van der Waals surface area contributed by atoms with Crippen molar-refractivity contribution in [1.29, 1.82) is 0 Å². The summed E-state index contributed by atoms with van der Waals surface area (Å²) in [6, 6.07) is 14.3. The number of amides is 3. The first-order valence-electron chi connectivity index (χ1n) is 12.9. The topological polar surface area (TPSA) is 111 Å². The molecule has 2 aromatic carbocycles. The molecule has 220 valence electrons. The van der Waals surface area contributed by atoms with E-state index in [1.54, 1.807) is 36.4 Å². The van der Waals surface area contributed by atoms with Gasteiger partial charge in [0.15, 0.2) is 0 Å². The van der Waals surface area contributed by atoms with E-state index in [9.17, 15) is 32.3 Å². The first-order valence-corrected chi connectivity index (χ1v) is 14.6. The molecule has 4 aromatic rings. The molecule has 3 amide bonds. The van der Waals surface area contributed by atoms with Crippen molar-refractivity contribution in [1.82, 2.24) is 9.55 Å². The van der Waals surface area contributed by atoms with Gasteiger partial charge in [-0.2, -0.15) is 13.2 Å². The number of imide groups is 1. The number of aromatic nitrogens is 2. The van der Waals surface area contributed by atoms with E-state index in [1.807, 2.05) is 0 Å². The molecule has 2 aliphatic rings. The summed E-state index contributed by atoms with van der Waals surface area (Å²) in [6.45, 7) is -0.385. The molecule has 1 saturated heterocycles. The summed E-state index contributed by atoms with van der Waals surface area (Å²) in [5, 5.41) is 1.88. The van der Waals surface area contributed by atoms with Crippen molar-refractivity contribution < 1.29 is 32.3 Å². The standard InChI is InChI=1S/C29H21F3N4O5S2/c1-41-17-10-8-16(9-11-17)34-20(37)14-35-27-24(43-28(35)40)21(15-5-4-12-33-13-15)22-23(42-27)26(39)36(25(22)38)19-7-3-2-6-18(19)29(30,31)32/h2-13,21-23H,14H2,1H3,(H,34,37). The summed E-state index contributed by atoms with van der Waals surface area (Å²) in [5.74, 6) is -3.50. The Kier molecular flexibility index (Phi) is 7.34. The zero-order chi connectivity index (χ0) is 30.5. The Morgan fingerprint density at radius 1 is 1.02 bits per heavy atom. The van der Waals surface area contributed by atoms with Crippen molar-refractivity contribution in [3.05, 3.63) is 98.7 Å². The summed E-state index contributed by atoms with van der Waals surface area (Å²) in [7, 11) is 1.51. The van der Waals surface area contributed by atoms with E-state index in [4.69, 9.17) is 4.74 Å². The van der Waals surface area contributed by atoms with Crippen LogP contribution >= 0.6 is 23.1 Å². The number of alkyl halides is 3. The third kappa shape index (κ3) is 5.10.